The van der Waals surface area contributed by atoms with Gasteiger partial charge in [0.25, 0.3) is 5.91 Å². The number of carbonyl (C=O) groups is 4. The average Bonchev–Trinajstić information content (AvgIpc) is 3.61. The fourth-order valence-electron chi connectivity index (χ4n) is 6.32. The zero-order valence-electron chi connectivity index (χ0n) is 32.4. The van der Waals surface area contributed by atoms with E-state index in [9.17, 15) is 19.2 Å². The molecule has 5 rings (SSSR count). The summed E-state index contributed by atoms with van der Waals surface area (Å²) in [6.07, 6.45) is 4.00. The van der Waals surface area contributed by atoms with E-state index in [-0.39, 0.29) is 24.9 Å². The largest absolute Gasteiger partial charge is 0.497 e. The minimum Gasteiger partial charge on any atom is -0.497 e. The van der Waals surface area contributed by atoms with Crippen LogP contribution in [0.25, 0.3) is 0 Å². The van der Waals surface area contributed by atoms with E-state index < -0.39 is 41.1 Å². The highest BCUT2D eigenvalue weighted by Gasteiger charge is 2.35. The number of piperidine rings is 1. The molecule has 3 aromatic carbocycles. The lowest BCUT2D eigenvalue weighted by molar-refractivity contribution is -0.134. The van der Waals surface area contributed by atoms with Gasteiger partial charge in [0, 0.05) is 19.3 Å². The first kappa shape index (κ1) is 40.5. The number of aromatic nitrogens is 2. The molecule has 0 radical (unpaired) electrons. The first-order valence-electron chi connectivity index (χ1n) is 18.5. The Hall–Kier alpha value is -5.69. The Labute approximate surface area is 322 Å². The second-order valence-corrected chi connectivity index (χ2v) is 15.2. The van der Waals surface area contributed by atoms with Gasteiger partial charge < -0.3 is 39.6 Å². The fraction of sp³-hybridized carbons (Fsp3) is 0.405. The number of nitrogens with one attached hydrogen (secondary N) is 3. The summed E-state index contributed by atoms with van der Waals surface area (Å²) >= 11 is 0. The quantitative estimate of drug-likeness (QED) is 0.146. The smallest absolute Gasteiger partial charge is 0.408 e. The number of likely N-dealkylation sites (tertiary alicyclic amines) is 1. The van der Waals surface area contributed by atoms with Gasteiger partial charge in [-0.15, -0.1) is 0 Å². The summed E-state index contributed by atoms with van der Waals surface area (Å²) < 4.78 is 18.2. The maximum Gasteiger partial charge on any atom is 0.408 e. The van der Waals surface area contributed by atoms with Crippen LogP contribution in [0.2, 0.25) is 0 Å². The molecule has 0 aliphatic carbocycles. The highest BCUT2D eigenvalue weighted by atomic mass is 16.6. The number of hydrogen-bond donors (Lipinski definition) is 3. The van der Waals surface area contributed by atoms with E-state index in [1.54, 1.807) is 38.6 Å². The molecule has 0 saturated carbocycles. The van der Waals surface area contributed by atoms with Gasteiger partial charge in [0.05, 0.1) is 26.7 Å². The molecule has 2 atom stereocenters. The first-order chi connectivity index (χ1) is 26.2. The van der Waals surface area contributed by atoms with Crippen LogP contribution < -0.4 is 20.7 Å². The van der Waals surface area contributed by atoms with Crippen LogP contribution >= 0.6 is 0 Å². The lowest BCUT2D eigenvalue weighted by atomic mass is 9.89. The Kier molecular flexibility index (Phi) is 13.3. The summed E-state index contributed by atoms with van der Waals surface area (Å²) in [5.41, 5.74) is 0.686. The van der Waals surface area contributed by atoms with Crippen LogP contribution in [0.15, 0.2) is 97.5 Å². The van der Waals surface area contributed by atoms with Crippen LogP contribution in [-0.2, 0) is 30.5 Å². The second kappa shape index (κ2) is 18.1. The normalized spacial score (nSPS) is 14.7. The molecule has 0 bridgehead atoms. The molecule has 3 N–H and O–H groups in total. The molecule has 1 saturated heterocycles. The number of rotatable bonds is 14. The third kappa shape index (κ3) is 11.4. The van der Waals surface area contributed by atoms with Crippen molar-refractivity contribution in [3.05, 3.63) is 114 Å². The van der Waals surface area contributed by atoms with Gasteiger partial charge in [0.15, 0.2) is 5.82 Å². The highest BCUT2D eigenvalue weighted by Crippen LogP contribution is 2.31. The van der Waals surface area contributed by atoms with Crippen molar-refractivity contribution in [1.29, 1.82) is 0 Å². The number of methoxy groups -OCH3 is 1. The molecule has 292 valence electrons. The Morgan fingerprint density at radius 3 is 2.13 bits per heavy atom. The number of amides is 4. The predicted molar refractivity (Wildman–Crippen MR) is 208 cm³/mol. The summed E-state index contributed by atoms with van der Waals surface area (Å²) in [5.74, 6) is 0.0372. The number of carbonyl (C=O) groups excluding carboxylic acids is 4. The SMILES string of the molecule is COc1ccc(C2CCN(C(=O)C(c3ccccc3)n3cnc(NC(=O)C(COCc4ccccc4)NC(=O)C(C)(C)NC(=O)OC(C)(C)C)c3)CC2)cc1. The maximum absolute atomic E-state index is 14.2. The lowest BCUT2D eigenvalue weighted by Crippen LogP contribution is -2.59. The summed E-state index contributed by atoms with van der Waals surface area (Å²) in [4.78, 5) is 60.3. The van der Waals surface area contributed by atoms with Crippen molar-refractivity contribution in [2.75, 3.05) is 32.1 Å². The van der Waals surface area contributed by atoms with Crippen molar-refractivity contribution >= 4 is 29.6 Å². The molecule has 13 heteroatoms. The Bertz CT molecular complexity index is 1880. The molecule has 4 amide bonds. The third-order valence-electron chi connectivity index (χ3n) is 9.29. The van der Waals surface area contributed by atoms with Gasteiger partial charge >= 0.3 is 6.09 Å². The van der Waals surface area contributed by atoms with Crippen molar-refractivity contribution < 1.29 is 33.4 Å². The van der Waals surface area contributed by atoms with E-state index in [0.717, 1.165) is 29.7 Å². The van der Waals surface area contributed by atoms with E-state index in [1.165, 1.54) is 25.7 Å². The van der Waals surface area contributed by atoms with Crippen molar-refractivity contribution in [1.82, 2.24) is 25.1 Å². The molecule has 2 heterocycles. The van der Waals surface area contributed by atoms with Gasteiger partial charge in [0.1, 0.15) is 29.0 Å². The topological polar surface area (TPSA) is 153 Å². The van der Waals surface area contributed by atoms with E-state index in [1.807, 2.05) is 77.7 Å². The Morgan fingerprint density at radius 2 is 1.51 bits per heavy atom. The second-order valence-electron chi connectivity index (χ2n) is 15.2. The van der Waals surface area contributed by atoms with Gasteiger partial charge in [-0.2, -0.15) is 0 Å². The van der Waals surface area contributed by atoms with Gasteiger partial charge in [0.2, 0.25) is 11.8 Å². The van der Waals surface area contributed by atoms with Crippen LogP contribution in [0.3, 0.4) is 0 Å². The summed E-state index contributed by atoms with van der Waals surface area (Å²) in [7, 11) is 1.65. The molecule has 13 nitrogen and oxygen atoms in total. The first-order valence-corrected chi connectivity index (χ1v) is 18.5. The van der Waals surface area contributed by atoms with E-state index in [0.29, 0.717) is 19.0 Å². The molecule has 1 aromatic heterocycles. The minimum atomic E-state index is -1.44. The molecule has 1 fully saturated rings. The number of anilines is 1. The molecule has 4 aromatic rings. The average molecular weight is 753 g/mol. The number of imidazole rings is 1. The predicted octanol–water partition coefficient (Wildman–Crippen LogP) is 5.83. The molecular formula is C42H52N6O7. The Balaban J connectivity index is 1.29. The van der Waals surface area contributed by atoms with Crippen LogP contribution in [0.5, 0.6) is 5.75 Å². The van der Waals surface area contributed by atoms with E-state index in [2.05, 4.69) is 33.1 Å². The summed E-state index contributed by atoms with van der Waals surface area (Å²) in [5, 5.41) is 8.08. The highest BCUT2D eigenvalue weighted by molar-refractivity contribution is 5.98. The molecule has 1 aliphatic rings. The third-order valence-corrected chi connectivity index (χ3v) is 9.29. The molecule has 2 unspecified atom stereocenters. The molecular weight excluding hydrogens is 700 g/mol. The van der Waals surface area contributed by atoms with Gasteiger partial charge in [-0.25, -0.2) is 9.78 Å². The molecule has 55 heavy (non-hydrogen) atoms. The standard InChI is InChI=1S/C42H52N6O7/c1-41(2,3)55-40(52)46-42(4,5)39(51)44-34(27-54-26-29-13-9-7-10-14-29)37(49)45-35-25-48(28-43-35)36(32-15-11-8-12-16-32)38(50)47-23-21-31(22-24-47)30-17-19-33(53-6)20-18-30/h7-20,25,28,31,34,36H,21-24,26-27H2,1-6H3,(H,44,51)(H,45,49)(H,46,52). The van der Waals surface area contributed by atoms with Gasteiger partial charge in [-0.3, -0.25) is 14.4 Å². The number of ether oxygens (including phenoxy) is 3. The molecule has 0 spiro atoms. The number of hydrogen-bond acceptors (Lipinski definition) is 8. The van der Waals surface area contributed by atoms with Gasteiger partial charge in [-0.05, 0) is 82.2 Å². The summed E-state index contributed by atoms with van der Waals surface area (Å²) in [6.45, 7) is 9.40. The van der Waals surface area contributed by atoms with E-state index >= 15 is 0 Å². The number of nitrogens with zero attached hydrogens (tertiary/aromatic N) is 3. The lowest BCUT2D eigenvalue weighted by Gasteiger charge is -2.35. The monoisotopic (exact) mass is 752 g/mol. The molecule has 1 aliphatic heterocycles. The van der Waals surface area contributed by atoms with Gasteiger partial charge in [-0.1, -0.05) is 72.8 Å². The van der Waals surface area contributed by atoms with Crippen molar-refractivity contribution in [3.63, 3.8) is 0 Å². The zero-order valence-corrected chi connectivity index (χ0v) is 32.4. The van der Waals surface area contributed by atoms with Crippen molar-refractivity contribution in [2.24, 2.45) is 0 Å². The van der Waals surface area contributed by atoms with Crippen LogP contribution in [0.4, 0.5) is 10.6 Å². The summed E-state index contributed by atoms with van der Waals surface area (Å²) in [6, 6.07) is 25.1. The van der Waals surface area contributed by atoms with Crippen LogP contribution in [-0.4, -0.2) is 82.3 Å². The van der Waals surface area contributed by atoms with E-state index in [4.69, 9.17) is 14.2 Å². The maximum atomic E-state index is 14.2. The fourth-order valence-corrected chi connectivity index (χ4v) is 6.32. The Morgan fingerprint density at radius 1 is 0.873 bits per heavy atom. The van der Waals surface area contributed by atoms with Crippen LogP contribution in [0, 0.1) is 0 Å². The number of benzene rings is 3. The van der Waals surface area contributed by atoms with Crippen molar-refractivity contribution in [2.45, 2.75) is 83.2 Å². The minimum absolute atomic E-state index is 0.0752. The zero-order chi connectivity index (χ0) is 39.6. The van der Waals surface area contributed by atoms with Crippen LogP contribution in [0.1, 0.15) is 76.1 Å². The van der Waals surface area contributed by atoms with Crippen molar-refractivity contribution in [3.8, 4) is 5.75 Å². The number of alkyl carbamates (subject to hydrolysis) is 1.